The second kappa shape index (κ2) is 8.38. The molecule has 27 heavy (non-hydrogen) atoms. The van der Waals surface area contributed by atoms with Gasteiger partial charge in [0, 0.05) is 17.4 Å². The Morgan fingerprint density at radius 3 is 2.48 bits per heavy atom. The maximum atomic E-state index is 12.8. The zero-order valence-electron chi connectivity index (χ0n) is 14.9. The van der Waals surface area contributed by atoms with Crippen LogP contribution in [0.25, 0.3) is 10.4 Å². The van der Waals surface area contributed by atoms with Crippen molar-refractivity contribution >= 4 is 11.9 Å². The Kier molecular flexibility index (Phi) is 5.74. The predicted molar refractivity (Wildman–Crippen MR) is 99.7 cm³/mol. The fraction of sp³-hybridized carbons (Fsp3) is 0.300. The topological polar surface area (TPSA) is 95.4 Å². The van der Waals surface area contributed by atoms with Crippen LogP contribution < -0.4 is 0 Å². The van der Waals surface area contributed by atoms with Crippen LogP contribution >= 0.6 is 0 Å². The van der Waals surface area contributed by atoms with E-state index in [0.29, 0.717) is 12.1 Å². The van der Waals surface area contributed by atoms with Gasteiger partial charge in [-0.2, -0.15) is 0 Å². The maximum Gasteiger partial charge on any atom is 0.338 e. The third-order valence-corrected chi connectivity index (χ3v) is 4.78. The molecule has 2 aromatic carbocycles. The molecule has 7 nitrogen and oxygen atoms in total. The summed E-state index contributed by atoms with van der Waals surface area (Å²) in [4.78, 5) is 29.4. The Hall–Kier alpha value is -3.31. The molecule has 138 valence electrons. The van der Waals surface area contributed by atoms with Crippen LogP contribution in [-0.4, -0.2) is 36.0 Å². The normalized spacial score (nSPS) is 20.0. The quantitative estimate of drug-likeness (QED) is 0.338. The molecular weight excluding hydrogens is 344 g/mol. The molecule has 3 rings (SSSR count). The molecule has 0 saturated carbocycles. The zero-order valence-corrected chi connectivity index (χ0v) is 14.9. The average molecular weight is 364 g/mol. The first-order valence-electron chi connectivity index (χ1n) is 8.73. The van der Waals surface area contributed by atoms with Crippen molar-refractivity contribution in [2.75, 3.05) is 13.2 Å². The van der Waals surface area contributed by atoms with Gasteiger partial charge in [-0.3, -0.25) is 4.79 Å². The van der Waals surface area contributed by atoms with E-state index >= 15 is 0 Å². The van der Waals surface area contributed by atoms with Gasteiger partial charge in [0.15, 0.2) is 0 Å². The summed E-state index contributed by atoms with van der Waals surface area (Å²) in [5.41, 5.74) is 10.3. The van der Waals surface area contributed by atoms with E-state index in [9.17, 15) is 9.59 Å². The van der Waals surface area contributed by atoms with Crippen molar-refractivity contribution < 1.29 is 14.3 Å². The van der Waals surface area contributed by atoms with Gasteiger partial charge in [-0.1, -0.05) is 53.6 Å². The number of nitrogens with zero attached hydrogens (tertiary/aromatic N) is 4. The number of hydrogen-bond donors (Lipinski definition) is 0. The van der Waals surface area contributed by atoms with Gasteiger partial charge in [-0.15, -0.1) is 0 Å². The first kappa shape index (κ1) is 18.5. The van der Waals surface area contributed by atoms with Gasteiger partial charge in [0.2, 0.25) is 5.91 Å². The minimum atomic E-state index is -0.871. The first-order chi connectivity index (χ1) is 13.1. The van der Waals surface area contributed by atoms with Crippen LogP contribution in [0.4, 0.5) is 0 Å². The lowest BCUT2D eigenvalue weighted by Gasteiger charge is -2.25. The number of carbonyl (C=O) groups excluding carboxylic acids is 2. The summed E-state index contributed by atoms with van der Waals surface area (Å²) in [6, 6.07) is 17.2. The average Bonchev–Trinajstić information content (AvgIpc) is 3.03. The molecule has 1 aliphatic rings. The first-order valence-corrected chi connectivity index (χ1v) is 8.73. The Labute approximate surface area is 157 Å². The Morgan fingerprint density at radius 2 is 1.85 bits per heavy atom. The summed E-state index contributed by atoms with van der Waals surface area (Å²) in [6.45, 7) is 2.31. The van der Waals surface area contributed by atoms with Gasteiger partial charge in [0.05, 0.1) is 18.2 Å². The van der Waals surface area contributed by atoms with E-state index in [1.165, 1.54) is 0 Å². The monoisotopic (exact) mass is 364 g/mol. The molecule has 0 N–H and O–H groups in total. The van der Waals surface area contributed by atoms with E-state index in [0.717, 1.165) is 5.56 Å². The molecule has 0 aromatic heterocycles. The molecule has 0 unspecified atom stereocenters. The molecule has 0 spiro atoms. The van der Waals surface area contributed by atoms with Crippen LogP contribution in [0.5, 0.6) is 0 Å². The third-order valence-electron chi connectivity index (χ3n) is 4.78. The van der Waals surface area contributed by atoms with Crippen molar-refractivity contribution in [3.63, 3.8) is 0 Å². The fourth-order valence-electron chi connectivity index (χ4n) is 3.26. The lowest BCUT2D eigenvalue weighted by atomic mass is 10.1. The number of rotatable bonds is 6. The van der Waals surface area contributed by atoms with E-state index in [4.69, 9.17) is 10.3 Å². The predicted octanol–water partition coefficient (Wildman–Crippen LogP) is 3.74. The molecular formula is C20H20N4O3. The summed E-state index contributed by atoms with van der Waals surface area (Å²) >= 11 is 0. The standard InChI is InChI=1S/C20H20N4O3/c1-14(15-8-4-2-5-9-15)24-12-17(18(19(24)25)22-23-21)13-27-20(26)16-10-6-3-7-11-16/h2-11,14,17-18H,12-13H2,1H3/t14-,17-,18+/m0/s1. The summed E-state index contributed by atoms with van der Waals surface area (Å²) < 4.78 is 5.37. The van der Waals surface area contributed by atoms with Crippen molar-refractivity contribution in [1.82, 2.24) is 4.90 Å². The lowest BCUT2D eigenvalue weighted by Crippen LogP contribution is -2.31. The molecule has 0 aliphatic carbocycles. The highest BCUT2D eigenvalue weighted by molar-refractivity contribution is 5.89. The van der Waals surface area contributed by atoms with Crippen LogP contribution in [-0.2, 0) is 9.53 Å². The number of benzene rings is 2. The number of amides is 1. The van der Waals surface area contributed by atoms with Crippen molar-refractivity contribution in [2.24, 2.45) is 11.0 Å². The lowest BCUT2D eigenvalue weighted by molar-refractivity contribution is -0.130. The van der Waals surface area contributed by atoms with Crippen molar-refractivity contribution in [1.29, 1.82) is 0 Å². The van der Waals surface area contributed by atoms with Crippen LogP contribution in [0.2, 0.25) is 0 Å². The molecule has 1 heterocycles. The maximum absolute atomic E-state index is 12.8. The molecule has 3 atom stereocenters. The number of likely N-dealkylation sites (tertiary alicyclic amines) is 1. The summed E-state index contributed by atoms with van der Waals surface area (Å²) in [6.07, 6.45) is 0. The number of carbonyl (C=O) groups is 2. The second-order valence-electron chi connectivity index (χ2n) is 6.45. The van der Waals surface area contributed by atoms with Crippen LogP contribution in [0.3, 0.4) is 0 Å². The van der Waals surface area contributed by atoms with Crippen molar-refractivity contribution in [3.05, 3.63) is 82.2 Å². The summed E-state index contributed by atoms with van der Waals surface area (Å²) in [5.74, 6) is -1.09. The number of hydrogen-bond acceptors (Lipinski definition) is 4. The molecule has 1 fully saturated rings. The van der Waals surface area contributed by atoms with Gasteiger partial charge in [-0.05, 0) is 30.2 Å². The van der Waals surface area contributed by atoms with Gasteiger partial charge in [0.25, 0.3) is 0 Å². The van der Waals surface area contributed by atoms with Crippen molar-refractivity contribution in [2.45, 2.75) is 19.0 Å². The molecule has 0 bridgehead atoms. The molecule has 1 aliphatic heterocycles. The van der Waals surface area contributed by atoms with Crippen LogP contribution in [0, 0.1) is 5.92 Å². The molecule has 0 radical (unpaired) electrons. The summed E-state index contributed by atoms with van der Waals surface area (Å²) in [7, 11) is 0. The Balaban J connectivity index is 1.71. The van der Waals surface area contributed by atoms with E-state index in [1.54, 1.807) is 29.2 Å². The minimum absolute atomic E-state index is 0.0150. The smallest absolute Gasteiger partial charge is 0.338 e. The second-order valence-corrected chi connectivity index (χ2v) is 6.45. The molecule has 2 aromatic rings. The number of ether oxygens (including phenoxy) is 1. The highest BCUT2D eigenvalue weighted by atomic mass is 16.5. The number of azide groups is 1. The minimum Gasteiger partial charge on any atom is -0.462 e. The molecule has 1 saturated heterocycles. The third kappa shape index (κ3) is 4.10. The number of esters is 1. The Morgan fingerprint density at radius 1 is 1.22 bits per heavy atom. The van der Waals surface area contributed by atoms with Crippen molar-refractivity contribution in [3.8, 4) is 0 Å². The van der Waals surface area contributed by atoms with E-state index in [-0.39, 0.29) is 24.5 Å². The highest BCUT2D eigenvalue weighted by Gasteiger charge is 2.42. The van der Waals surface area contributed by atoms with E-state index in [1.807, 2.05) is 43.3 Å². The van der Waals surface area contributed by atoms with E-state index in [2.05, 4.69) is 10.0 Å². The fourth-order valence-corrected chi connectivity index (χ4v) is 3.26. The zero-order chi connectivity index (χ0) is 19.2. The van der Waals surface area contributed by atoms with Crippen LogP contribution in [0.1, 0.15) is 28.9 Å². The SMILES string of the molecule is C[C@@H](c1ccccc1)N1C[C@@H](COC(=O)c2ccccc2)[C@@H](N=[N+]=[N-])C1=O. The van der Waals surface area contributed by atoms with Gasteiger partial charge in [-0.25, -0.2) is 4.79 Å². The molecule has 1 amide bonds. The van der Waals surface area contributed by atoms with Gasteiger partial charge >= 0.3 is 5.97 Å². The Bertz CT molecular complexity index is 850. The largest absolute Gasteiger partial charge is 0.462 e. The highest BCUT2D eigenvalue weighted by Crippen LogP contribution is 2.30. The molecule has 7 heteroatoms. The van der Waals surface area contributed by atoms with Gasteiger partial charge < -0.3 is 9.64 Å². The summed E-state index contributed by atoms with van der Waals surface area (Å²) in [5, 5.41) is 3.66. The van der Waals surface area contributed by atoms with Gasteiger partial charge in [0.1, 0.15) is 6.04 Å². The van der Waals surface area contributed by atoms with Crippen LogP contribution in [0.15, 0.2) is 65.8 Å². The van der Waals surface area contributed by atoms with E-state index < -0.39 is 12.0 Å².